The summed E-state index contributed by atoms with van der Waals surface area (Å²) in [6.45, 7) is 3.30. The molecule has 0 spiro atoms. The van der Waals surface area contributed by atoms with Gasteiger partial charge in [-0.25, -0.2) is 22.5 Å². The van der Waals surface area contributed by atoms with Gasteiger partial charge in [-0.1, -0.05) is 12.1 Å². The Morgan fingerprint density at radius 3 is 2.41 bits per heavy atom. The van der Waals surface area contributed by atoms with Gasteiger partial charge in [0, 0.05) is 19.6 Å². The van der Waals surface area contributed by atoms with Crippen molar-refractivity contribution in [3.05, 3.63) is 71.6 Å². The molecule has 2 heterocycles. The van der Waals surface area contributed by atoms with Gasteiger partial charge in [-0.3, -0.25) is 4.79 Å². The number of benzene rings is 2. The van der Waals surface area contributed by atoms with Crippen molar-refractivity contribution in [2.75, 3.05) is 26.3 Å². The van der Waals surface area contributed by atoms with Gasteiger partial charge in [0.2, 0.25) is 15.8 Å². The van der Waals surface area contributed by atoms with E-state index in [2.05, 4.69) is 15.4 Å². The molecule has 1 saturated heterocycles. The van der Waals surface area contributed by atoms with Gasteiger partial charge >= 0.3 is 0 Å². The smallest absolute Gasteiger partial charge is 0.291 e. The van der Waals surface area contributed by atoms with Crippen LogP contribution in [0.3, 0.4) is 0 Å². The van der Waals surface area contributed by atoms with Gasteiger partial charge in [0.25, 0.3) is 5.91 Å². The van der Waals surface area contributed by atoms with Gasteiger partial charge in [0.1, 0.15) is 11.6 Å². The SMILES string of the molecule is Cc1nc(C(=O)NCc2ccc(S(=O)(=O)N3CCOCC3)cc2)nn1-c1ccc(F)cc1. The van der Waals surface area contributed by atoms with Crippen LogP contribution in [0, 0.1) is 12.7 Å². The van der Waals surface area contributed by atoms with Gasteiger partial charge in [0.15, 0.2) is 0 Å². The summed E-state index contributed by atoms with van der Waals surface area (Å²) in [4.78, 5) is 16.8. The minimum absolute atomic E-state index is 0.0154. The minimum atomic E-state index is -3.56. The fourth-order valence-corrected chi connectivity index (χ4v) is 4.70. The maximum atomic E-state index is 13.1. The standard InChI is InChI=1S/C21H22FN5O4S/c1-15-24-20(25-27(15)18-6-4-17(22)5-7-18)21(28)23-14-16-2-8-19(9-3-16)32(29,30)26-10-12-31-13-11-26/h2-9H,10-14H2,1H3,(H,23,28). The van der Waals surface area contributed by atoms with Crippen LogP contribution in [0.15, 0.2) is 53.4 Å². The van der Waals surface area contributed by atoms with Crippen LogP contribution in [0.25, 0.3) is 5.69 Å². The Kier molecular flexibility index (Phi) is 6.31. The number of hydrogen-bond acceptors (Lipinski definition) is 6. The number of carbonyl (C=O) groups excluding carboxylic acids is 1. The number of morpholine rings is 1. The van der Waals surface area contributed by atoms with Crippen LogP contribution in [-0.2, 0) is 21.3 Å². The summed E-state index contributed by atoms with van der Waals surface area (Å²) < 4.78 is 46.6. The largest absolute Gasteiger partial charge is 0.379 e. The first-order chi connectivity index (χ1) is 15.3. The second-order valence-electron chi connectivity index (χ2n) is 7.21. The quantitative estimate of drug-likeness (QED) is 0.601. The van der Waals surface area contributed by atoms with Crippen LogP contribution < -0.4 is 5.32 Å². The Bertz CT molecular complexity index is 1200. The van der Waals surface area contributed by atoms with E-state index >= 15 is 0 Å². The van der Waals surface area contributed by atoms with Crippen LogP contribution in [0.2, 0.25) is 0 Å². The zero-order chi connectivity index (χ0) is 22.7. The lowest BCUT2D eigenvalue weighted by atomic mass is 10.2. The second kappa shape index (κ2) is 9.15. The molecule has 0 unspecified atom stereocenters. The lowest BCUT2D eigenvalue weighted by molar-refractivity contribution is 0.0730. The minimum Gasteiger partial charge on any atom is -0.379 e. The first-order valence-corrected chi connectivity index (χ1v) is 11.4. The summed E-state index contributed by atoms with van der Waals surface area (Å²) >= 11 is 0. The zero-order valence-electron chi connectivity index (χ0n) is 17.4. The lowest BCUT2D eigenvalue weighted by Gasteiger charge is -2.26. The third kappa shape index (κ3) is 4.69. The third-order valence-electron chi connectivity index (χ3n) is 5.03. The molecule has 1 aromatic heterocycles. The molecule has 0 bridgehead atoms. The number of halogens is 1. The molecule has 0 aliphatic carbocycles. The summed E-state index contributed by atoms with van der Waals surface area (Å²) in [7, 11) is -3.56. The molecular formula is C21H22FN5O4S. The van der Waals surface area contributed by atoms with E-state index in [4.69, 9.17) is 4.74 Å². The van der Waals surface area contributed by atoms with E-state index in [0.717, 1.165) is 5.56 Å². The Balaban J connectivity index is 1.40. The van der Waals surface area contributed by atoms with E-state index in [1.807, 2.05) is 0 Å². The number of nitrogens with zero attached hydrogens (tertiary/aromatic N) is 4. The number of aromatic nitrogens is 3. The monoisotopic (exact) mass is 459 g/mol. The summed E-state index contributed by atoms with van der Waals surface area (Å²) in [5.74, 6) is -0.370. The van der Waals surface area contributed by atoms with Crippen molar-refractivity contribution in [3.8, 4) is 5.69 Å². The molecule has 4 rings (SSSR count). The number of ether oxygens (including phenoxy) is 1. The van der Waals surface area contributed by atoms with E-state index in [9.17, 15) is 17.6 Å². The molecule has 168 valence electrons. The molecule has 0 radical (unpaired) electrons. The fraction of sp³-hybridized carbons (Fsp3) is 0.286. The molecule has 32 heavy (non-hydrogen) atoms. The first kappa shape index (κ1) is 22.1. The van der Waals surface area contributed by atoms with Gasteiger partial charge in [-0.2, -0.15) is 4.31 Å². The molecule has 2 aromatic carbocycles. The molecule has 1 aliphatic rings. The maximum Gasteiger partial charge on any atom is 0.291 e. The first-order valence-electron chi connectivity index (χ1n) is 9.99. The molecule has 3 aromatic rings. The van der Waals surface area contributed by atoms with E-state index in [0.29, 0.717) is 37.8 Å². The topological polar surface area (TPSA) is 106 Å². The van der Waals surface area contributed by atoms with E-state index < -0.39 is 15.9 Å². The molecule has 1 N–H and O–H groups in total. The number of nitrogens with one attached hydrogen (secondary N) is 1. The van der Waals surface area contributed by atoms with Crippen molar-refractivity contribution in [1.82, 2.24) is 24.4 Å². The predicted octanol–water partition coefficient (Wildman–Crippen LogP) is 1.67. The Hall–Kier alpha value is -3.15. The molecule has 9 nitrogen and oxygen atoms in total. The van der Waals surface area contributed by atoms with Gasteiger partial charge in [-0.15, -0.1) is 5.10 Å². The van der Waals surface area contributed by atoms with Crippen LogP contribution >= 0.6 is 0 Å². The van der Waals surface area contributed by atoms with Gasteiger partial charge in [-0.05, 0) is 48.9 Å². The average Bonchev–Trinajstić information content (AvgIpc) is 3.20. The Morgan fingerprint density at radius 2 is 1.75 bits per heavy atom. The summed E-state index contributed by atoms with van der Waals surface area (Å²) in [5, 5.41) is 6.92. The van der Waals surface area contributed by atoms with Crippen LogP contribution in [0.1, 0.15) is 22.0 Å². The van der Waals surface area contributed by atoms with Crippen molar-refractivity contribution in [1.29, 1.82) is 0 Å². The molecular weight excluding hydrogens is 437 g/mol. The van der Waals surface area contributed by atoms with Crippen LogP contribution in [0.5, 0.6) is 0 Å². The van der Waals surface area contributed by atoms with Gasteiger partial charge < -0.3 is 10.1 Å². The molecule has 0 atom stereocenters. The highest BCUT2D eigenvalue weighted by molar-refractivity contribution is 7.89. The van der Waals surface area contributed by atoms with Crippen molar-refractivity contribution in [2.45, 2.75) is 18.4 Å². The predicted molar refractivity (Wildman–Crippen MR) is 113 cm³/mol. The number of sulfonamides is 1. The number of hydrogen-bond donors (Lipinski definition) is 1. The molecule has 1 fully saturated rings. The van der Waals surface area contributed by atoms with E-state index in [1.165, 1.54) is 33.3 Å². The lowest BCUT2D eigenvalue weighted by Crippen LogP contribution is -2.40. The van der Waals surface area contributed by atoms with Crippen LogP contribution in [0.4, 0.5) is 4.39 Å². The highest BCUT2D eigenvalue weighted by Crippen LogP contribution is 2.18. The zero-order valence-corrected chi connectivity index (χ0v) is 18.2. The number of rotatable bonds is 6. The molecule has 11 heteroatoms. The second-order valence-corrected chi connectivity index (χ2v) is 9.15. The maximum absolute atomic E-state index is 13.1. The number of carbonyl (C=O) groups is 1. The Labute approximate surface area is 184 Å². The molecule has 0 saturated carbocycles. The van der Waals surface area contributed by atoms with Crippen molar-refractivity contribution >= 4 is 15.9 Å². The van der Waals surface area contributed by atoms with Crippen molar-refractivity contribution in [3.63, 3.8) is 0 Å². The summed E-state index contributed by atoms with van der Waals surface area (Å²) in [6, 6.07) is 12.1. The van der Waals surface area contributed by atoms with E-state index in [1.54, 1.807) is 31.2 Å². The highest BCUT2D eigenvalue weighted by Gasteiger charge is 2.26. The molecule has 1 aliphatic heterocycles. The fourth-order valence-electron chi connectivity index (χ4n) is 3.29. The average molecular weight is 460 g/mol. The summed E-state index contributed by atoms with van der Waals surface area (Å²) in [6.07, 6.45) is 0. The summed E-state index contributed by atoms with van der Waals surface area (Å²) in [5.41, 5.74) is 1.32. The molecule has 1 amide bonds. The number of aryl methyl sites for hydroxylation is 1. The van der Waals surface area contributed by atoms with E-state index in [-0.39, 0.29) is 23.1 Å². The normalized spacial score (nSPS) is 14.9. The van der Waals surface area contributed by atoms with Crippen molar-refractivity contribution < 1.29 is 22.3 Å². The highest BCUT2D eigenvalue weighted by atomic mass is 32.2. The third-order valence-corrected chi connectivity index (χ3v) is 6.94. The van der Waals surface area contributed by atoms with Gasteiger partial charge in [0.05, 0.1) is 23.8 Å². The van der Waals surface area contributed by atoms with Crippen LogP contribution in [-0.4, -0.2) is 59.7 Å². The Morgan fingerprint density at radius 1 is 1.09 bits per heavy atom. The number of amides is 1. The van der Waals surface area contributed by atoms with Crippen molar-refractivity contribution in [2.24, 2.45) is 0 Å².